The zero-order valence-electron chi connectivity index (χ0n) is 12.8. The molecule has 2 rings (SSSR count). The third kappa shape index (κ3) is 2.60. The molecule has 0 spiro atoms. The van der Waals surface area contributed by atoms with Gasteiger partial charge in [0.05, 0.1) is 18.2 Å². The largest absolute Gasteiger partial charge is 0.354 e. The van der Waals surface area contributed by atoms with Gasteiger partial charge >= 0.3 is 0 Å². The topological polar surface area (TPSA) is 57.2 Å². The summed E-state index contributed by atoms with van der Waals surface area (Å²) in [7, 11) is 1.97. The summed E-state index contributed by atoms with van der Waals surface area (Å²) in [4.78, 5) is 6.50. The van der Waals surface area contributed by atoms with Gasteiger partial charge in [-0.1, -0.05) is 20.8 Å². The molecule has 1 unspecified atom stereocenters. The van der Waals surface area contributed by atoms with E-state index in [-0.39, 0.29) is 11.5 Å². The van der Waals surface area contributed by atoms with Crippen LogP contribution in [0.5, 0.6) is 0 Å². The molecule has 0 saturated carbocycles. The van der Waals surface area contributed by atoms with Crippen LogP contribution in [0.25, 0.3) is 5.52 Å². The van der Waals surface area contributed by atoms with Gasteiger partial charge in [0.2, 0.25) is 0 Å². The van der Waals surface area contributed by atoms with E-state index in [9.17, 15) is 0 Å². The van der Waals surface area contributed by atoms with Crippen LogP contribution < -0.4 is 4.90 Å². The van der Waals surface area contributed by atoms with E-state index in [2.05, 4.69) is 43.0 Å². The van der Waals surface area contributed by atoms with E-state index < -0.39 is 0 Å². The number of anilines is 1. The summed E-state index contributed by atoms with van der Waals surface area (Å²) in [6.07, 6.45) is 4.08. The molecule has 2 aromatic heterocycles. The second-order valence-corrected chi connectivity index (χ2v) is 6.18. The second kappa shape index (κ2) is 5.12. The molecule has 0 aliphatic carbocycles. The van der Waals surface area contributed by atoms with Crippen molar-refractivity contribution >= 4 is 11.3 Å². The lowest BCUT2D eigenvalue weighted by atomic mass is 9.92. The van der Waals surface area contributed by atoms with Crippen molar-refractivity contribution in [1.29, 1.82) is 5.26 Å². The molecule has 0 aromatic carbocycles. The van der Waals surface area contributed by atoms with Crippen LogP contribution in [0.2, 0.25) is 0 Å². The Hall–Kier alpha value is -2.09. The van der Waals surface area contributed by atoms with E-state index in [0.717, 1.165) is 17.0 Å². The number of nitriles is 1. The Labute approximate surface area is 119 Å². The molecule has 106 valence electrons. The molecule has 0 fully saturated rings. The van der Waals surface area contributed by atoms with Crippen molar-refractivity contribution in [1.82, 2.24) is 14.6 Å². The number of aromatic nitrogens is 3. The normalized spacial score (nSPS) is 13.2. The molecule has 5 heteroatoms. The highest BCUT2D eigenvalue weighted by atomic mass is 15.3. The van der Waals surface area contributed by atoms with Crippen LogP contribution in [0.4, 0.5) is 5.82 Å². The number of hydrogen-bond donors (Lipinski definition) is 0. The Morgan fingerprint density at radius 2 is 2.15 bits per heavy atom. The van der Waals surface area contributed by atoms with Crippen LogP contribution in [0, 0.1) is 11.3 Å². The fourth-order valence-corrected chi connectivity index (χ4v) is 2.02. The molecule has 0 aliphatic heterocycles. The second-order valence-electron chi connectivity index (χ2n) is 6.18. The summed E-state index contributed by atoms with van der Waals surface area (Å²) in [5.74, 6) is 0.859. The minimum atomic E-state index is 0.000131. The third-order valence-corrected chi connectivity index (χ3v) is 3.52. The molecule has 0 radical (unpaired) electrons. The lowest BCUT2D eigenvalue weighted by Gasteiger charge is -2.24. The Kier molecular flexibility index (Phi) is 3.67. The fourth-order valence-electron chi connectivity index (χ4n) is 2.02. The minimum Gasteiger partial charge on any atom is -0.354 e. The first-order chi connectivity index (χ1) is 9.34. The van der Waals surface area contributed by atoms with Gasteiger partial charge in [0.1, 0.15) is 5.52 Å². The number of nitrogens with zero attached hydrogens (tertiary/aromatic N) is 5. The van der Waals surface area contributed by atoms with E-state index in [0.29, 0.717) is 6.42 Å². The molecular formula is C15H21N5. The van der Waals surface area contributed by atoms with E-state index in [4.69, 9.17) is 5.26 Å². The van der Waals surface area contributed by atoms with Crippen LogP contribution in [-0.2, 0) is 5.41 Å². The van der Waals surface area contributed by atoms with Gasteiger partial charge in [-0.2, -0.15) is 10.4 Å². The van der Waals surface area contributed by atoms with Gasteiger partial charge in [-0.3, -0.25) is 0 Å². The lowest BCUT2D eigenvalue weighted by molar-refractivity contribution is 0.562. The van der Waals surface area contributed by atoms with Gasteiger partial charge in [0, 0.05) is 30.9 Å². The van der Waals surface area contributed by atoms with Crippen LogP contribution in [0.1, 0.15) is 39.8 Å². The first-order valence-corrected chi connectivity index (χ1v) is 6.79. The molecule has 5 nitrogen and oxygen atoms in total. The monoisotopic (exact) mass is 271 g/mol. The van der Waals surface area contributed by atoms with Gasteiger partial charge in [-0.05, 0) is 13.0 Å². The van der Waals surface area contributed by atoms with Crippen molar-refractivity contribution in [2.24, 2.45) is 0 Å². The summed E-state index contributed by atoms with van der Waals surface area (Å²) in [6, 6.07) is 4.40. The smallest absolute Gasteiger partial charge is 0.154 e. The quantitative estimate of drug-likeness (QED) is 0.861. The average molecular weight is 271 g/mol. The highest BCUT2D eigenvalue weighted by molar-refractivity contribution is 5.69. The van der Waals surface area contributed by atoms with Crippen molar-refractivity contribution in [3.63, 3.8) is 0 Å². The summed E-state index contributed by atoms with van der Waals surface area (Å²) in [6.45, 7) is 8.45. The first-order valence-electron chi connectivity index (χ1n) is 6.79. The summed E-state index contributed by atoms with van der Waals surface area (Å²) < 4.78 is 1.86. The summed E-state index contributed by atoms with van der Waals surface area (Å²) in [5.41, 5.74) is 2.01. The molecule has 0 aliphatic rings. The Bertz CT molecular complexity index is 644. The zero-order chi connectivity index (χ0) is 14.9. The Balaban J connectivity index is 2.50. The molecule has 2 aromatic rings. The fraction of sp³-hybridized carbons (Fsp3) is 0.533. The number of rotatable bonds is 3. The maximum atomic E-state index is 8.84. The highest BCUT2D eigenvalue weighted by Gasteiger charge is 2.21. The van der Waals surface area contributed by atoms with Gasteiger partial charge in [-0.25, -0.2) is 9.50 Å². The van der Waals surface area contributed by atoms with Crippen molar-refractivity contribution < 1.29 is 0 Å². The van der Waals surface area contributed by atoms with Gasteiger partial charge < -0.3 is 4.90 Å². The van der Waals surface area contributed by atoms with Crippen LogP contribution >= 0.6 is 0 Å². The maximum Gasteiger partial charge on any atom is 0.154 e. The Morgan fingerprint density at radius 3 is 2.75 bits per heavy atom. The number of fused-ring (bicyclic) bond motifs is 1. The standard InChI is InChI=1S/C15H21N5/c1-11(6-7-16)19(5)14-12-10-13(15(2,3)4)18-20(12)9-8-17-14/h8-11H,6H2,1-5H3. The van der Waals surface area contributed by atoms with Crippen molar-refractivity contribution in [2.75, 3.05) is 11.9 Å². The van der Waals surface area contributed by atoms with Crippen LogP contribution in [0.3, 0.4) is 0 Å². The number of hydrogen-bond acceptors (Lipinski definition) is 4. The molecule has 2 heterocycles. The van der Waals surface area contributed by atoms with Gasteiger partial charge in [-0.15, -0.1) is 0 Å². The first kappa shape index (κ1) is 14.3. The summed E-state index contributed by atoms with van der Waals surface area (Å²) >= 11 is 0. The molecule has 1 atom stereocenters. The van der Waals surface area contributed by atoms with E-state index in [1.54, 1.807) is 6.20 Å². The van der Waals surface area contributed by atoms with E-state index >= 15 is 0 Å². The SMILES string of the molecule is CC(CC#N)N(C)c1nccn2nc(C(C)(C)C)cc12. The Morgan fingerprint density at radius 1 is 1.45 bits per heavy atom. The molecule has 0 saturated heterocycles. The summed E-state index contributed by atoms with van der Waals surface area (Å²) in [5, 5.41) is 13.5. The predicted octanol–water partition coefficient (Wildman–Crippen LogP) is 2.77. The predicted molar refractivity (Wildman–Crippen MR) is 79.8 cm³/mol. The average Bonchev–Trinajstić information content (AvgIpc) is 2.81. The van der Waals surface area contributed by atoms with Crippen LogP contribution in [0.15, 0.2) is 18.5 Å². The van der Waals surface area contributed by atoms with E-state index in [1.807, 2.05) is 29.6 Å². The van der Waals surface area contributed by atoms with Crippen molar-refractivity contribution in [3.05, 3.63) is 24.2 Å². The molecule has 20 heavy (non-hydrogen) atoms. The van der Waals surface area contributed by atoms with E-state index in [1.165, 1.54) is 0 Å². The minimum absolute atomic E-state index is 0.000131. The van der Waals surface area contributed by atoms with Crippen molar-refractivity contribution in [2.45, 2.75) is 45.6 Å². The molecular weight excluding hydrogens is 250 g/mol. The zero-order valence-corrected chi connectivity index (χ0v) is 12.8. The van der Waals surface area contributed by atoms with Gasteiger partial charge in [0.15, 0.2) is 5.82 Å². The van der Waals surface area contributed by atoms with Gasteiger partial charge in [0.25, 0.3) is 0 Å². The highest BCUT2D eigenvalue weighted by Crippen LogP contribution is 2.26. The molecule has 0 amide bonds. The third-order valence-electron chi connectivity index (χ3n) is 3.52. The van der Waals surface area contributed by atoms with Crippen molar-refractivity contribution in [3.8, 4) is 6.07 Å². The van der Waals surface area contributed by atoms with Crippen LogP contribution in [-0.4, -0.2) is 27.7 Å². The molecule has 0 N–H and O–H groups in total. The lowest BCUT2D eigenvalue weighted by Crippen LogP contribution is -2.29. The molecule has 0 bridgehead atoms. The maximum absolute atomic E-state index is 8.84.